The zero-order valence-corrected chi connectivity index (χ0v) is 17.6. The Bertz CT molecular complexity index is 884. The number of anilines is 1. The molecule has 0 radical (unpaired) electrons. The third-order valence-electron chi connectivity index (χ3n) is 4.74. The lowest BCUT2D eigenvalue weighted by Gasteiger charge is -2.32. The fourth-order valence-corrected chi connectivity index (χ4v) is 5.11. The molecule has 1 atom stereocenters. The Morgan fingerprint density at radius 3 is 3.00 bits per heavy atom. The molecule has 7 nitrogen and oxygen atoms in total. The van der Waals surface area contributed by atoms with Crippen molar-refractivity contribution < 1.29 is 13.2 Å². The van der Waals surface area contributed by atoms with Crippen LogP contribution in [0.15, 0.2) is 40.7 Å². The van der Waals surface area contributed by atoms with E-state index in [2.05, 4.69) is 19.9 Å². The number of hydrogen-bond donors (Lipinski definition) is 2. The molecule has 2 heterocycles. The van der Waals surface area contributed by atoms with Crippen LogP contribution in [0.4, 0.5) is 5.13 Å². The number of aryl methyl sites for hydroxylation is 1. The van der Waals surface area contributed by atoms with E-state index >= 15 is 0 Å². The van der Waals surface area contributed by atoms with Crippen LogP contribution in [0.25, 0.3) is 0 Å². The van der Waals surface area contributed by atoms with E-state index in [0.717, 1.165) is 36.6 Å². The summed E-state index contributed by atoms with van der Waals surface area (Å²) < 4.78 is 27.0. The lowest BCUT2D eigenvalue weighted by atomic mass is 9.98. The summed E-state index contributed by atoms with van der Waals surface area (Å²) in [6.07, 6.45) is 4.08. The van der Waals surface area contributed by atoms with E-state index in [1.54, 1.807) is 29.5 Å². The second-order valence-electron chi connectivity index (χ2n) is 7.04. The van der Waals surface area contributed by atoms with Gasteiger partial charge in [0, 0.05) is 44.2 Å². The summed E-state index contributed by atoms with van der Waals surface area (Å²) in [6, 6.07) is 6.70. The fourth-order valence-electron chi connectivity index (χ4n) is 3.29. The number of carbonyl (C=O) groups excluding carboxylic acids is 1. The predicted octanol–water partition coefficient (Wildman–Crippen LogP) is 2.15. The van der Waals surface area contributed by atoms with Crippen LogP contribution in [0.1, 0.15) is 24.8 Å². The molecule has 1 aromatic carbocycles. The molecular formula is C19H26N4O3S2. The summed E-state index contributed by atoms with van der Waals surface area (Å²) in [5.41, 5.74) is 0.875. The number of piperidine rings is 1. The Labute approximate surface area is 170 Å². The molecule has 28 heavy (non-hydrogen) atoms. The molecule has 2 N–H and O–H groups in total. The lowest BCUT2D eigenvalue weighted by molar-refractivity contribution is -0.121. The number of nitrogens with zero attached hydrogens (tertiary/aromatic N) is 2. The molecule has 0 spiro atoms. The number of rotatable bonds is 8. The van der Waals surface area contributed by atoms with Gasteiger partial charge in [0.2, 0.25) is 15.9 Å². The molecule has 1 amide bonds. The molecule has 1 aromatic heterocycles. The van der Waals surface area contributed by atoms with Crippen molar-refractivity contribution in [2.75, 3.05) is 31.1 Å². The summed E-state index contributed by atoms with van der Waals surface area (Å²) in [7, 11) is -3.59. The Morgan fingerprint density at radius 1 is 1.39 bits per heavy atom. The van der Waals surface area contributed by atoms with Crippen LogP contribution >= 0.6 is 11.3 Å². The molecule has 3 rings (SSSR count). The number of thiazole rings is 1. The van der Waals surface area contributed by atoms with Crippen LogP contribution < -0.4 is 14.9 Å². The maximum atomic E-state index is 12.3. The molecule has 152 valence electrons. The van der Waals surface area contributed by atoms with Crippen molar-refractivity contribution in [3.8, 4) is 0 Å². The van der Waals surface area contributed by atoms with Gasteiger partial charge in [0.25, 0.3) is 0 Å². The van der Waals surface area contributed by atoms with Gasteiger partial charge in [-0.05, 0) is 43.4 Å². The minimum Gasteiger partial charge on any atom is -0.356 e. The van der Waals surface area contributed by atoms with Gasteiger partial charge < -0.3 is 10.2 Å². The van der Waals surface area contributed by atoms with Gasteiger partial charge in [-0.1, -0.05) is 12.1 Å². The molecule has 1 fully saturated rings. The van der Waals surface area contributed by atoms with E-state index in [4.69, 9.17) is 0 Å². The summed E-state index contributed by atoms with van der Waals surface area (Å²) in [5, 5.41) is 5.94. The van der Waals surface area contributed by atoms with Crippen molar-refractivity contribution in [3.05, 3.63) is 41.4 Å². The number of sulfonamides is 1. The third kappa shape index (κ3) is 5.76. The third-order valence-corrected chi connectivity index (χ3v) is 7.03. The zero-order valence-electron chi connectivity index (χ0n) is 15.9. The molecule has 1 unspecified atom stereocenters. The van der Waals surface area contributed by atoms with Gasteiger partial charge in [0.05, 0.1) is 4.90 Å². The van der Waals surface area contributed by atoms with Gasteiger partial charge in [-0.3, -0.25) is 4.79 Å². The smallest absolute Gasteiger partial charge is 0.240 e. The number of amides is 1. The van der Waals surface area contributed by atoms with E-state index in [9.17, 15) is 13.2 Å². The fraction of sp³-hybridized carbons (Fsp3) is 0.474. The van der Waals surface area contributed by atoms with E-state index in [1.807, 2.05) is 24.6 Å². The van der Waals surface area contributed by atoms with Crippen LogP contribution in [-0.4, -0.2) is 45.5 Å². The highest BCUT2D eigenvalue weighted by Gasteiger charge is 2.22. The molecule has 0 bridgehead atoms. The molecule has 1 saturated heterocycles. The van der Waals surface area contributed by atoms with E-state index < -0.39 is 10.0 Å². The zero-order chi connectivity index (χ0) is 20.0. The van der Waals surface area contributed by atoms with E-state index in [-0.39, 0.29) is 23.8 Å². The summed E-state index contributed by atoms with van der Waals surface area (Å²) in [6.45, 7) is 4.41. The van der Waals surface area contributed by atoms with Crippen molar-refractivity contribution in [1.29, 1.82) is 0 Å². The van der Waals surface area contributed by atoms with Crippen molar-refractivity contribution >= 4 is 32.4 Å². The first-order valence-corrected chi connectivity index (χ1v) is 11.8. The average Bonchev–Trinajstić information content (AvgIpc) is 3.21. The second kappa shape index (κ2) is 9.49. The molecule has 2 aromatic rings. The first-order chi connectivity index (χ1) is 13.4. The van der Waals surface area contributed by atoms with Crippen LogP contribution in [0, 0.1) is 12.8 Å². The molecule has 1 aliphatic rings. The Kier molecular flexibility index (Phi) is 7.03. The molecule has 0 saturated carbocycles. The number of benzene rings is 1. The predicted molar refractivity (Wildman–Crippen MR) is 111 cm³/mol. The highest BCUT2D eigenvalue weighted by atomic mass is 32.2. The van der Waals surface area contributed by atoms with Gasteiger partial charge in [-0.2, -0.15) is 0 Å². The number of hydrogen-bond acceptors (Lipinski definition) is 6. The number of carbonyl (C=O) groups is 1. The summed E-state index contributed by atoms with van der Waals surface area (Å²) in [4.78, 5) is 18.9. The van der Waals surface area contributed by atoms with Crippen molar-refractivity contribution in [1.82, 2.24) is 15.0 Å². The standard InChI is InChI=1S/C19H26N4O3S2/c1-15-4-2-6-17(12-15)28(25,26)22-8-7-18(24)21-13-16-5-3-10-23(14-16)19-20-9-11-27-19/h2,4,6,9,11-12,16,22H,3,5,7-8,10,13-14H2,1H3,(H,21,24). The highest BCUT2D eigenvalue weighted by molar-refractivity contribution is 7.89. The Morgan fingerprint density at radius 2 is 2.25 bits per heavy atom. The van der Waals surface area contributed by atoms with Crippen molar-refractivity contribution in [3.63, 3.8) is 0 Å². The number of aromatic nitrogens is 1. The Balaban J connectivity index is 1.40. The summed E-state index contributed by atoms with van der Waals surface area (Å²) in [5.74, 6) is 0.240. The topological polar surface area (TPSA) is 91.4 Å². The average molecular weight is 423 g/mol. The largest absolute Gasteiger partial charge is 0.356 e. The number of nitrogens with one attached hydrogen (secondary N) is 2. The molecule has 1 aliphatic heterocycles. The minimum atomic E-state index is -3.59. The highest BCUT2D eigenvalue weighted by Crippen LogP contribution is 2.24. The summed E-state index contributed by atoms with van der Waals surface area (Å²) >= 11 is 1.63. The van der Waals surface area contributed by atoms with Crippen LogP contribution in [0.3, 0.4) is 0 Å². The van der Waals surface area contributed by atoms with Gasteiger partial charge in [0.1, 0.15) is 0 Å². The molecule has 0 aliphatic carbocycles. The van der Waals surface area contributed by atoms with Crippen LogP contribution in [-0.2, 0) is 14.8 Å². The van der Waals surface area contributed by atoms with Gasteiger partial charge in [-0.25, -0.2) is 18.1 Å². The maximum Gasteiger partial charge on any atom is 0.240 e. The second-order valence-corrected chi connectivity index (χ2v) is 9.68. The Hall–Kier alpha value is -1.97. The van der Waals surface area contributed by atoms with Crippen LogP contribution in [0.5, 0.6) is 0 Å². The molecule has 9 heteroatoms. The lowest BCUT2D eigenvalue weighted by Crippen LogP contribution is -2.41. The van der Waals surface area contributed by atoms with E-state index in [0.29, 0.717) is 12.5 Å². The van der Waals surface area contributed by atoms with Crippen molar-refractivity contribution in [2.24, 2.45) is 5.92 Å². The van der Waals surface area contributed by atoms with Gasteiger partial charge >= 0.3 is 0 Å². The minimum absolute atomic E-state index is 0.0814. The molecular weight excluding hydrogens is 396 g/mol. The SMILES string of the molecule is Cc1cccc(S(=O)(=O)NCCC(=O)NCC2CCCN(c3nccs3)C2)c1. The first kappa shape index (κ1) is 20.8. The van der Waals surface area contributed by atoms with Gasteiger partial charge in [-0.15, -0.1) is 11.3 Å². The van der Waals surface area contributed by atoms with Gasteiger partial charge in [0.15, 0.2) is 5.13 Å². The van der Waals surface area contributed by atoms with E-state index in [1.165, 1.54) is 0 Å². The quantitative estimate of drug-likeness (QED) is 0.680. The van der Waals surface area contributed by atoms with Crippen LogP contribution in [0.2, 0.25) is 0 Å². The maximum absolute atomic E-state index is 12.3. The first-order valence-electron chi connectivity index (χ1n) is 9.41. The monoisotopic (exact) mass is 422 g/mol. The van der Waals surface area contributed by atoms with Crippen molar-refractivity contribution in [2.45, 2.75) is 31.1 Å². The normalized spacial score (nSPS) is 17.5.